The van der Waals surface area contributed by atoms with Crippen LogP contribution in [-0.2, 0) is 6.42 Å². The molecule has 3 rings (SSSR count). The second-order valence-electron chi connectivity index (χ2n) is 7.08. The fourth-order valence-electron chi connectivity index (χ4n) is 3.74. The van der Waals surface area contributed by atoms with Crippen LogP contribution >= 0.6 is 0 Å². The van der Waals surface area contributed by atoms with Gasteiger partial charge in [-0.2, -0.15) is 9.61 Å². The molecular weight excluding hydrogens is 314 g/mol. The summed E-state index contributed by atoms with van der Waals surface area (Å²) in [5.74, 6) is 0. The van der Waals surface area contributed by atoms with E-state index in [4.69, 9.17) is 0 Å². The molecule has 0 bridgehead atoms. The summed E-state index contributed by atoms with van der Waals surface area (Å²) in [5, 5.41) is 14.2. The Hall–Kier alpha value is -2.40. The number of nitrogens with one attached hydrogen (secondary N) is 1. The number of fused-ring (bicyclic) bond motifs is 1. The van der Waals surface area contributed by atoms with Crippen molar-refractivity contribution in [2.75, 3.05) is 0 Å². The number of nitrogens with zero attached hydrogens (tertiary/aromatic N) is 2. The van der Waals surface area contributed by atoms with Gasteiger partial charge in [0.25, 0.3) is 5.56 Å². The van der Waals surface area contributed by atoms with Crippen LogP contribution in [0, 0.1) is 34.6 Å². The van der Waals surface area contributed by atoms with Crippen LogP contribution in [0.1, 0.15) is 40.6 Å². The van der Waals surface area contributed by atoms with Gasteiger partial charge in [0.2, 0.25) is 0 Å². The molecule has 25 heavy (non-hydrogen) atoms. The van der Waals surface area contributed by atoms with Crippen molar-refractivity contribution in [1.82, 2.24) is 14.6 Å². The van der Waals surface area contributed by atoms with Crippen LogP contribution in [0.3, 0.4) is 0 Å². The monoisotopic (exact) mass is 339 g/mol. The highest BCUT2D eigenvalue weighted by Crippen LogP contribution is 2.33. The molecule has 2 aromatic heterocycles. The van der Waals surface area contributed by atoms with E-state index in [2.05, 4.69) is 43.0 Å². The van der Waals surface area contributed by atoms with Crippen LogP contribution in [0.5, 0.6) is 0 Å². The van der Waals surface area contributed by atoms with Crippen molar-refractivity contribution in [1.29, 1.82) is 0 Å². The molecule has 1 unspecified atom stereocenters. The molecule has 0 radical (unpaired) electrons. The van der Waals surface area contributed by atoms with Crippen LogP contribution in [0.15, 0.2) is 16.9 Å². The third-order valence-corrected chi connectivity index (χ3v) is 4.70. The molecule has 5 heteroatoms. The van der Waals surface area contributed by atoms with E-state index >= 15 is 0 Å². The molecule has 0 fully saturated rings. The molecule has 0 saturated carbocycles. The van der Waals surface area contributed by atoms with Gasteiger partial charge >= 0.3 is 0 Å². The van der Waals surface area contributed by atoms with E-state index < -0.39 is 6.10 Å². The lowest BCUT2D eigenvalue weighted by molar-refractivity contribution is 0.194. The topological polar surface area (TPSA) is 70.4 Å². The second kappa shape index (κ2) is 6.15. The van der Waals surface area contributed by atoms with Crippen LogP contribution < -0.4 is 5.56 Å². The minimum absolute atomic E-state index is 0.163. The fourth-order valence-corrected chi connectivity index (χ4v) is 3.74. The molecule has 2 heterocycles. The number of aryl methyl sites for hydroxylation is 5. The van der Waals surface area contributed by atoms with E-state index in [1.54, 1.807) is 6.92 Å². The Balaban J connectivity index is 2.36. The van der Waals surface area contributed by atoms with Crippen LogP contribution in [-0.4, -0.2) is 25.8 Å². The smallest absolute Gasteiger partial charge is 0.277 e. The largest absolute Gasteiger partial charge is 0.393 e. The van der Waals surface area contributed by atoms with Gasteiger partial charge in [-0.25, -0.2) is 0 Å². The zero-order valence-corrected chi connectivity index (χ0v) is 15.7. The van der Waals surface area contributed by atoms with Gasteiger partial charge in [0, 0.05) is 23.2 Å². The zero-order chi connectivity index (χ0) is 18.5. The third kappa shape index (κ3) is 2.89. The molecule has 5 nitrogen and oxygen atoms in total. The maximum atomic E-state index is 12.9. The summed E-state index contributed by atoms with van der Waals surface area (Å²) < 4.78 is 1.44. The SMILES string of the molecule is Cc1cc(C)c(-c2c(C)nn3c(=O)c(CC(C)O)c(C)[nH]c23)c(C)c1. The van der Waals surface area contributed by atoms with Crippen molar-refractivity contribution < 1.29 is 5.11 Å². The maximum Gasteiger partial charge on any atom is 0.277 e. The zero-order valence-electron chi connectivity index (χ0n) is 15.7. The van der Waals surface area contributed by atoms with E-state index in [0.717, 1.165) is 22.5 Å². The van der Waals surface area contributed by atoms with Gasteiger partial charge in [-0.05, 0) is 58.2 Å². The molecule has 132 valence electrons. The first-order chi connectivity index (χ1) is 11.7. The van der Waals surface area contributed by atoms with Gasteiger partial charge in [0.1, 0.15) is 5.65 Å². The van der Waals surface area contributed by atoms with Crippen LogP contribution in [0.2, 0.25) is 0 Å². The van der Waals surface area contributed by atoms with Crippen molar-refractivity contribution in [2.24, 2.45) is 0 Å². The summed E-state index contributed by atoms with van der Waals surface area (Å²) >= 11 is 0. The predicted octanol–water partition coefficient (Wildman–Crippen LogP) is 3.16. The van der Waals surface area contributed by atoms with Gasteiger partial charge < -0.3 is 10.1 Å². The Morgan fingerprint density at radius 3 is 2.28 bits per heavy atom. The van der Waals surface area contributed by atoms with E-state index in [1.807, 2.05) is 13.8 Å². The molecule has 1 atom stereocenters. The highest BCUT2D eigenvalue weighted by Gasteiger charge is 2.20. The average Bonchev–Trinajstić information content (AvgIpc) is 2.80. The van der Waals surface area contributed by atoms with Crippen molar-refractivity contribution in [3.8, 4) is 11.1 Å². The molecule has 1 aromatic carbocycles. The maximum absolute atomic E-state index is 12.9. The van der Waals surface area contributed by atoms with Crippen molar-refractivity contribution in [3.05, 3.63) is 56.1 Å². The summed E-state index contributed by atoms with van der Waals surface area (Å²) in [5.41, 5.74) is 8.37. The Morgan fingerprint density at radius 1 is 1.12 bits per heavy atom. The number of aromatic amines is 1. The van der Waals surface area contributed by atoms with Crippen molar-refractivity contribution in [2.45, 2.75) is 54.1 Å². The second-order valence-corrected chi connectivity index (χ2v) is 7.08. The number of rotatable bonds is 3. The molecular formula is C20H25N3O2. The average molecular weight is 339 g/mol. The normalized spacial score (nSPS) is 12.8. The highest BCUT2D eigenvalue weighted by molar-refractivity contribution is 5.84. The van der Waals surface area contributed by atoms with Gasteiger partial charge in [0.05, 0.1) is 11.8 Å². The number of hydrogen-bond acceptors (Lipinski definition) is 3. The van der Waals surface area contributed by atoms with Gasteiger partial charge in [0.15, 0.2) is 0 Å². The summed E-state index contributed by atoms with van der Waals surface area (Å²) in [6, 6.07) is 4.30. The molecule has 2 N–H and O–H groups in total. The Kier molecular flexibility index (Phi) is 4.29. The molecule has 0 aliphatic rings. The lowest BCUT2D eigenvalue weighted by atomic mass is 9.94. The minimum Gasteiger partial charge on any atom is -0.393 e. The number of aromatic nitrogens is 3. The number of hydrogen-bond donors (Lipinski definition) is 2. The summed E-state index contributed by atoms with van der Waals surface area (Å²) in [4.78, 5) is 16.2. The predicted molar refractivity (Wildman–Crippen MR) is 100 cm³/mol. The standard InChI is InChI=1S/C20H25N3O2/c1-10-7-11(2)17(12(3)8-10)18-15(6)22-23-19(18)21-14(5)16(20(23)25)9-13(4)24/h7-8,13,21,24H,9H2,1-6H3. The molecule has 0 spiro atoms. The molecule has 0 amide bonds. The van der Waals surface area contributed by atoms with Gasteiger partial charge in [-0.3, -0.25) is 4.79 Å². The quantitative estimate of drug-likeness (QED) is 0.770. The fraction of sp³-hybridized carbons (Fsp3) is 0.400. The van der Waals surface area contributed by atoms with E-state index in [9.17, 15) is 9.90 Å². The number of H-pyrrole nitrogens is 1. The Morgan fingerprint density at radius 2 is 1.72 bits per heavy atom. The number of benzene rings is 1. The molecule has 0 aliphatic heterocycles. The van der Waals surface area contributed by atoms with E-state index in [-0.39, 0.29) is 5.56 Å². The number of aliphatic hydroxyl groups excluding tert-OH is 1. The Bertz CT molecular complexity index is 1000. The minimum atomic E-state index is -0.574. The van der Waals surface area contributed by atoms with Crippen molar-refractivity contribution >= 4 is 5.65 Å². The first-order valence-corrected chi connectivity index (χ1v) is 8.58. The summed E-state index contributed by atoms with van der Waals surface area (Å²) in [6.07, 6.45) is -0.261. The first-order valence-electron chi connectivity index (χ1n) is 8.58. The van der Waals surface area contributed by atoms with E-state index in [1.165, 1.54) is 21.2 Å². The number of aliphatic hydroxyl groups is 1. The Labute approximate surface area is 147 Å². The summed E-state index contributed by atoms with van der Waals surface area (Å²) in [7, 11) is 0. The first kappa shape index (κ1) is 17.4. The summed E-state index contributed by atoms with van der Waals surface area (Å²) in [6.45, 7) is 11.7. The van der Waals surface area contributed by atoms with E-state index in [0.29, 0.717) is 17.6 Å². The lowest BCUT2D eigenvalue weighted by Gasteiger charge is -2.12. The van der Waals surface area contributed by atoms with Crippen LogP contribution in [0.25, 0.3) is 16.8 Å². The molecule has 0 aliphatic carbocycles. The van der Waals surface area contributed by atoms with Gasteiger partial charge in [-0.15, -0.1) is 0 Å². The highest BCUT2D eigenvalue weighted by atomic mass is 16.3. The lowest BCUT2D eigenvalue weighted by Crippen LogP contribution is -2.24. The van der Waals surface area contributed by atoms with Crippen LogP contribution in [0.4, 0.5) is 0 Å². The molecule has 0 saturated heterocycles. The molecule has 3 aromatic rings. The third-order valence-electron chi connectivity index (χ3n) is 4.70. The van der Waals surface area contributed by atoms with Crippen molar-refractivity contribution in [3.63, 3.8) is 0 Å². The van der Waals surface area contributed by atoms with Gasteiger partial charge in [-0.1, -0.05) is 17.7 Å².